The van der Waals surface area contributed by atoms with E-state index >= 15 is 0 Å². The van der Waals surface area contributed by atoms with E-state index in [1.165, 1.54) is 0 Å². The van der Waals surface area contributed by atoms with Crippen LogP contribution in [0, 0.1) is 0 Å². The van der Waals surface area contributed by atoms with Crippen LogP contribution in [0.1, 0.15) is 11.6 Å². The summed E-state index contributed by atoms with van der Waals surface area (Å²) < 4.78 is 0.692. The Bertz CT molecular complexity index is 450. The number of benzene rings is 1. The fourth-order valence-electron chi connectivity index (χ4n) is 1.37. The second kappa shape index (κ2) is 3.83. The second-order valence-corrected chi connectivity index (χ2v) is 4.35. The first-order valence-corrected chi connectivity index (χ1v) is 5.31. The van der Waals surface area contributed by atoms with Gasteiger partial charge in [-0.15, -0.1) is 0 Å². The summed E-state index contributed by atoms with van der Waals surface area (Å²) in [6.45, 7) is 0. The number of urea groups is 1. The average Bonchev–Trinajstić information content (AvgIpc) is 2.45. The van der Waals surface area contributed by atoms with Gasteiger partial charge in [0.05, 0.1) is 0 Å². The smallest absolute Gasteiger partial charge is 0.322 e. The van der Waals surface area contributed by atoms with Crippen LogP contribution in [0.2, 0.25) is 5.02 Å². The molecule has 1 aliphatic heterocycles. The van der Waals surface area contributed by atoms with Crippen LogP contribution in [0.25, 0.3) is 0 Å². The standard InChI is InChI=1S/C9H6BrClN2O2/c10-6-3-4(11)1-2-5(6)7-8(14)13-9(15)12-7/h1-3,7H,(H2,12,13,14,15). The van der Waals surface area contributed by atoms with E-state index in [4.69, 9.17) is 11.6 Å². The molecule has 1 aliphatic rings. The molecule has 1 unspecified atom stereocenters. The van der Waals surface area contributed by atoms with Gasteiger partial charge in [0.2, 0.25) is 0 Å². The van der Waals surface area contributed by atoms with E-state index < -0.39 is 12.1 Å². The minimum atomic E-state index is -0.649. The van der Waals surface area contributed by atoms with E-state index in [1.54, 1.807) is 18.2 Å². The zero-order valence-electron chi connectivity index (χ0n) is 7.38. The van der Waals surface area contributed by atoms with Crippen molar-refractivity contribution in [3.05, 3.63) is 33.3 Å². The Kier molecular flexibility index (Phi) is 2.67. The quantitative estimate of drug-likeness (QED) is 0.777. The molecule has 4 nitrogen and oxygen atoms in total. The fraction of sp³-hybridized carbons (Fsp3) is 0.111. The summed E-state index contributed by atoms with van der Waals surface area (Å²) in [5.74, 6) is -0.358. The van der Waals surface area contributed by atoms with Gasteiger partial charge in [-0.1, -0.05) is 33.6 Å². The van der Waals surface area contributed by atoms with Crippen LogP contribution in [0.5, 0.6) is 0 Å². The Morgan fingerprint density at radius 2 is 2.07 bits per heavy atom. The lowest BCUT2D eigenvalue weighted by atomic mass is 10.1. The number of nitrogens with one attached hydrogen (secondary N) is 2. The number of amides is 3. The Morgan fingerprint density at radius 1 is 1.33 bits per heavy atom. The van der Waals surface area contributed by atoms with Crippen molar-refractivity contribution in [2.45, 2.75) is 6.04 Å². The molecule has 78 valence electrons. The van der Waals surface area contributed by atoms with Crippen molar-refractivity contribution in [1.29, 1.82) is 0 Å². The van der Waals surface area contributed by atoms with Gasteiger partial charge < -0.3 is 5.32 Å². The van der Waals surface area contributed by atoms with Crippen molar-refractivity contribution in [2.24, 2.45) is 0 Å². The molecule has 6 heteroatoms. The van der Waals surface area contributed by atoms with Gasteiger partial charge in [0, 0.05) is 9.50 Å². The maximum absolute atomic E-state index is 11.4. The van der Waals surface area contributed by atoms with Gasteiger partial charge in [-0.25, -0.2) is 4.79 Å². The van der Waals surface area contributed by atoms with Crippen molar-refractivity contribution in [2.75, 3.05) is 0 Å². The summed E-state index contributed by atoms with van der Waals surface area (Å²) in [5, 5.41) is 5.24. The number of imide groups is 1. The first kappa shape index (κ1) is 10.4. The predicted octanol–water partition coefficient (Wildman–Crippen LogP) is 1.98. The van der Waals surface area contributed by atoms with Crippen LogP contribution in [0.3, 0.4) is 0 Å². The Balaban J connectivity index is 2.38. The van der Waals surface area contributed by atoms with Crippen LogP contribution >= 0.6 is 27.5 Å². The molecule has 2 N–H and O–H groups in total. The number of carbonyl (C=O) groups is 2. The Labute approximate surface area is 99.1 Å². The van der Waals surface area contributed by atoms with Gasteiger partial charge in [-0.2, -0.15) is 0 Å². The fourth-order valence-corrected chi connectivity index (χ4v) is 2.28. The molecule has 1 atom stereocenters. The first-order chi connectivity index (χ1) is 7.08. The summed E-state index contributed by atoms with van der Waals surface area (Å²) in [6, 6.07) is 3.91. The van der Waals surface area contributed by atoms with E-state index in [0.717, 1.165) is 0 Å². The topological polar surface area (TPSA) is 58.2 Å². The number of halogens is 2. The zero-order chi connectivity index (χ0) is 11.0. The largest absolute Gasteiger partial charge is 0.322 e. The molecule has 1 aromatic carbocycles. The third kappa shape index (κ3) is 1.98. The van der Waals surface area contributed by atoms with Crippen LogP contribution in [0.15, 0.2) is 22.7 Å². The molecule has 1 heterocycles. The van der Waals surface area contributed by atoms with E-state index in [1.807, 2.05) is 0 Å². The Hall–Kier alpha value is -1.07. The molecule has 0 bridgehead atoms. The van der Waals surface area contributed by atoms with Crippen LogP contribution in [-0.2, 0) is 4.79 Å². The van der Waals surface area contributed by atoms with Crippen LogP contribution in [-0.4, -0.2) is 11.9 Å². The molecule has 0 saturated carbocycles. The highest BCUT2D eigenvalue weighted by Crippen LogP contribution is 2.28. The maximum Gasteiger partial charge on any atom is 0.322 e. The number of carbonyl (C=O) groups excluding carboxylic acids is 2. The zero-order valence-corrected chi connectivity index (χ0v) is 9.72. The molecule has 3 amide bonds. The molecule has 0 spiro atoms. The lowest BCUT2D eigenvalue weighted by Crippen LogP contribution is -2.22. The van der Waals surface area contributed by atoms with Crippen LogP contribution < -0.4 is 10.6 Å². The van der Waals surface area contributed by atoms with Crippen molar-refractivity contribution in [3.8, 4) is 0 Å². The molecule has 0 aliphatic carbocycles. The molecular formula is C9H6BrClN2O2. The Morgan fingerprint density at radius 3 is 2.60 bits per heavy atom. The van der Waals surface area contributed by atoms with Gasteiger partial charge in [-0.3, -0.25) is 10.1 Å². The molecular weight excluding hydrogens is 283 g/mol. The monoisotopic (exact) mass is 288 g/mol. The predicted molar refractivity (Wildman–Crippen MR) is 58.6 cm³/mol. The minimum absolute atomic E-state index is 0.358. The van der Waals surface area contributed by atoms with Gasteiger partial charge in [0.1, 0.15) is 6.04 Å². The average molecular weight is 290 g/mol. The molecule has 1 saturated heterocycles. The number of hydrogen-bond donors (Lipinski definition) is 2. The van der Waals surface area contributed by atoms with Crippen molar-refractivity contribution in [1.82, 2.24) is 10.6 Å². The first-order valence-electron chi connectivity index (χ1n) is 4.14. The summed E-state index contributed by atoms with van der Waals surface area (Å²) in [7, 11) is 0. The minimum Gasteiger partial charge on any atom is -0.322 e. The lowest BCUT2D eigenvalue weighted by molar-refractivity contribution is -0.120. The second-order valence-electron chi connectivity index (χ2n) is 3.06. The van der Waals surface area contributed by atoms with Crippen molar-refractivity contribution < 1.29 is 9.59 Å². The van der Waals surface area contributed by atoms with E-state index in [9.17, 15) is 9.59 Å². The third-order valence-electron chi connectivity index (χ3n) is 2.05. The third-order valence-corrected chi connectivity index (χ3v) is 2.97. The highest BCUT2D eigenvalue weighted by atomic mass is 79.9. The number of rotatable bonds is 1. The van der Waals surface area contributed by atoms with Crippen molar-refractivity contribution in [3.63, 3.8) is 0 Å². The van der Waals surface area contributed by atoms with E-state index in [-0.39, 0.29) is 5.91 Å². The molecule has 2 rings (SSSR count). The van der Waals surface area contributed by atoms with Crippen LogP contribution in [0.4, 0.5) is 4.79 Å². The molecule has 15 heavy (non-hydrogen) atoms. The molecule has 0 aromatic heterocycles. The SMILES string of the molecule is O=C1NC(=O)C(c2ccc(Cl)cc2Br)N1. The van der Waals surface area contributed by atoms with Gasteiger partial charge in [0.15, 0.2) is 0 Å². The van der Waals surface area contributed by atoms with Gasteiger partial charge >= 0.3 is 6.03 Å². The molecule has 1 fully saturated rings. The van der Waals surface area contributed by atoms with E-state index in [2.05, 4.69) is 26.6 Å². The summed E-state index contributed by atoms with van der Waals surface area (Å²) in [4.78, 5) is 22.3. The summed E-state index contributed by atoms with van der Waals surface area (Å²) >= 11 is 9.06. The maximum atomic E-state index is 11.4. The molecule has 0 radical (unpaired) electrons. The van der Waals surface area contributed by atoms with Gasteiger partial charge in [0.25, 0.3) is 5.91 Å². The highest BCUT2D eigenvalue weighted by molar-refractivity contribution is 9.10. The highest BCUT2D eigenvalue weighted by Gasteiger charge is 2.31. The van der Waals surface area contributed by atoms with E-state index in [0.29, 0.717) is 15.1 Å². The van der Waals surface area contributed by atoms with Crippen molar-refractivity contribution >= 4 is 39.5 Å². The normalized spacial score (nSPS) is 20.0. The van der Waals surface area contributed by atoms with Gasteiger partial charge in [-0.05, 0) is 17.7 Å². The summed E-state index contributed by atoms with van der Waals surface area (Å²) in [6.07, 6.45) is 0. The lowest BCUT2D eigenvalue weighted by Gasteiger charge is -2.09. The molecule has 1 aromatic rings. The summed E-state index contributed by atoms with van der Waals surface area (Å²) in [5.41, 5.74) is 0.683. The number of hydrogen-bond acceptors (Lipinski definition) is 2.